The van der Waals surface area contributed by atoms with Crippen molar-refractivity contribution in [3.63, 3.8) is 0 Å². The zero-order chi connectivity index (χ0) is 10.7. The summed E-state index contributed by atoms with van der Waals surface area (Å²) in [4.78, 5) is 0. The van der Waals surface area contributed by atoms with Crippen molar-refractivity contribution in [1.29, 1.82) is 0 Å². The number of nitrogens with zero attached hydrogens (tertiary/aromatic N) is 2. The van der Waals surface area contributed by atoms with E-state index in [9.17, 15) is 0 Å². The summed E-state index contributed by atoms with van der Waals surface area (Å²) in [5, 5.41) is 7.52. The molecule has 4 nitrogen and oxygen atoms in total. The smallest absolute Gasteiger partial charge is 0.238 e. The number of hydrogen-bond acceptors (Lipinski definition) is 4. The summed E-state index contributed by atoms with van der Waals surface area (Å²) in [5.74, 6) is 0.967. The summed E-state index contributed by atoms with van der Waals surface area (Å²) in [6.07, 6.45) is 1.58. The van der Waals surface area contributed by atoms with Crippen molar-refractivity contribution < 1.29 is 4.74 Å². The Balaban J connectivity index is 2.32. The van der Waals surface area contributed by atoms with Gasteiger partial charge in [-0.05, 0) is 34.1 Å². The number of anilines is 1. The van der Waals surface area contributed by atoms with Crippen molar-refractivity contribution in [2.45, 2.75) is 0 Å². The standard InChI is InChI=1S/C10H8BrN3O/c11-7-3-1-4-8(12)10(7)15-9-5-2-6-13-14-9/h1-6H,12H2. The Morgan fingerprint density at radius 1 is 1.20 bits per heavy atom. The summed E-state index contributed by atoms with van der Waals surface area (Å²) >= 11 is 3.35. The lowest BCUT2D eigenvalue weighted by Gasteiger charge is -2.08. The van der Waals surface area contributed by atoms with Crippen molar-refractivity contribution in [3.8, 4) is 11.6 Å². The number of aromatic nitrogens is 2. The van der Waals surface area contributed by atoms with Crippen LogP contribution in [0.25, 0.3) is 0 Å². The maximum atomic E-state index is 5.77. The average Bonchev–Trinajstić information content (AvgIpc) is 2.25. The molecule has 0 unspecified atom stereocenters. The minimum absolute atomic E-state index is 0.413. The molecular formula is C10H8BrN3O. The third kappa shape index (κ3) is 2.24. The molecule has 2 rings (SSSR count). The predicted octanol–water partition coefficient (Wildman–Crippen LogP) is 2.61. The van der Waals surface area contributed by atoms with E-state index in [2.05, 4.69) is 26.1 Å². The van der Waals surface area contributed by atoms with Gasteiger partial charge in [0.2, 0.25) is 5.88 Å². The van der Waals surface area contributed by atoms with E-state index in [4.69, 9.17) is 10.5 Å². The molecule has 0 radical (unpaired) electrons. The van der Waals surface area contributed by atoms with Crippen molar-refractivity contribution in [1.82, 2.24) is 10.2 Å². The first-order valence-electron chi connectivity index (χ1n) is 4.27. The predicted molar refractivity (Wildman–Crippen MR) is 60.7 cm³/mol. The van der Waals surface area contributed by atoms with Gasteiger partial charge in [-0.1, -0.05) is 6.07 Å². The van der Waals surface area contributed by atoms with Gasteiger partial charge >= 0.3 is 0 Å². The number of ether oxygens (including phenoxy) is 1. The second kappa shape index (κ2) is 4.27. The van der Waals surface area contributed by atoms with Gasteiger partial charge in [-0.25, -0.2) is 0 Å². The number of benzene rings is 1. The molecule has 0 saturated carbocycles. The summed E-state index contributed by atoms with van der Waals surface area (Å²) in [6, 6.07) is 8.91. The van der Waals surface area contributed by atoms with E-state index >= 15 is 0 Å². The zero-order valence-electron chi connectivity index (χ0n) is 7.72. The first-order valence-corrected chi connectivity index (χ1v) is 5.06. The van der Waals surface area contributed by atoms with Gasteiger partial charge in [-0.3, -0.25) is 0 Å². The minimum Gasteiger partial charge on any atom is -0.434 e. The topological polar surface area (TPSA) is 61.0 Å². The van der Waals surface area contributed by atoms with Crippen molar-refractivity contribution in [3.05, 3.63) is 41.0 Å². The van der Waals surface area contributed by atoms with E-state index in [-0.39, 0.29) is 0 Å². The molecule has 5 heteroatoms. The van der Waals surface area contributed by atoms with Gasteiger partial charge < -0.3 is 10.5 Å². The second-order valence-electron chi connectivity index (χ2n) is 2.82. The number of halogens is 1. The van der Waals surface area contributed by atoms with Crippen LogP contribution in [0.5, 0.6) is 11.6 Å². The zero-order valence-corrected chi connectivity index (χ0v) is 9.31. The van der Waals surface area contributed by atoms with Gasteiger partial charge in [-0.2, -0.15) is 5.10 Å². The highest BCUT2D eigenvalue weighted by atomic mass is 79.9. The lowest BCUT2D eigenvalue weighted by Crippen LogP contribution is -1.94. The molecule has 0 aliphatic heterocycles. The lowest BCUT2D eigenvalue weighted by atomic mass is 10.3. The molecule has 0 bridgehead atoms. The van der Waals surface area contributed by atoms with Gasteiger partial charge in [-0.15, -0.1) is 5.10 Å². The Labute approximate surface area is 95.2 Å². The molecule has 1 heterocycles. The fourth-order valence-corrected chi connectivity index (χ4v) is 1.54. The van der Waals surface area contributed by atoms with Gasteiger partial charge in [0.15, 0.2) is 5.75 Å². The monoisotopic (exact) mass is 265 g/mol. The maximum absolute atomic E-state index is 5.77. The van der Waals surface area contributed by atoms with Crippen LogP contribution in [0.4, 0.5) is 5.69 Å². The first-order chi connectivity index (χ1) is 7.27. The largest absolute Gasteiger partial charge is 0.434 e. The first kappa shape index (κ1) is 9.92. The molecular weight excluding hydrogens is 258 g/mol. The van der Waals surface area contributed by atoms with E-state index in [0.717, 1.165) is 4.47 Å². The summed E-state index contributed by atoms with van der Waals surface area (Å²) in [7, 11) is 0. The van der Waals surface area contributed by atoms with E-state index in [0.29, 0.717) is 17.3 Å². The molecule has 15 heavy (non-hydrogen) atoms. The van der Waals surface area contributed by atoms with Crippen LogP contribution in [0.1, 0.15) is 0 Å². The summed E-state index contributed by atoms with van der Waals surface area (Å²) in [5.41, 5.74) is 6.32. The van der Waals surface area contributed by atoms with E-state index in [1.54, 1.807) is 24.4 Å². The second-order valence-corrected chi connectivity index (χ2v) is 3.68. The fraction of sp³-hybridized carbons (Fsp3) is 0. The highest BCUT2D eigenvalue weighted by molar-refractivity contribution is 9.10. The third-order valence-corrected chi connectivity index (χ3v) is 2.38. The Bertz CT molecular complexity index is 441. The van der Waals surface area contributed by atoms with Crippen LogP contribution >= 0.6 is 15.9 Å². The highest BCUT2D eigenvalue weighted by Crippen LogP contribution is 2.33. The van der Waals surface area contributed by atoms with Crippen LogP contribution < -0.4 is 10.5 Å². The number of nitrogens with two attached hydrogens (primary N) is 1. The van der Waals surface area contributed by atoms with Crippen LogP contribution in [-0.4, -0.2) is 10.2 Å². The molecule has 0 aliphatic rings. The van der Waals surface area contributed by atoms with Crippen LogP contribution in [0, 0.1) is 0 Å². The number of nitrogen functional groups attached to an aromatic ring is 1. The SMILES string of the molecule is Nc1cccc(Br)c1Oc1cccnn1. The molecule has 0 amide bonds. The molecule has 76 valence electrons. The van der Waals surface area contributed by atoms with Crippen molar-refractivity contribution in [2.75, 3.05) is 5.73 Å². The highest BCUT2D eigenvalue weighted by Gasteiger charge is 2.06. The average molecular weight is 266 g/mol. The normalized spacial score (nSPS) is 9.93. The van der Waals surface area contributed by atoms with Gasteiger partial charge in [0.1, 0.15) is 0 Å². The number of hydrogen-bond donors (Lipinski definition) is 1. The Kier molecular flexibility index (Phi) is 2.82. The van der Waals surface area contributed by atoms with Gasteiger partial charge in [0, 0.05) is 12.3 Å². The van der Waals surface area contributed by atoms with Crippen molar-refractivity contribution >= 4 is 21.6 Å². The molecule has 0 fully saturated rings. The molecule has 0 aliphatic carbocycles. The molecule has 2 aromatic rings. The van der Waals surface area contributed by atoms with Crippen LogP contribution in [0.2, 0.25) is 0 Å². The molecule has 2 N–H and O–H groups in total. The van der Waals surface area contributed by atoms with Crippen LogP contribution in [-0.2, 0) is 0 Å². The van der Waals surface area contributed by atoms with Gasteiger partial charge in [0.25, 0.3) is 0 Å². The number of rotatable bonds is 2. The molecule has 1 aromatic heterocycles. The minimum atomic E-state index is 0.413. The van der Waals surface area contributed by atoms with E-state index < -0.39 is 0 Å². The van der Waals surface area contributed by atoms with Crippen LogP contribution in [0.15, 0.2) is 41.0 Å². The van der Waals surface area contributed by atoms with Crippen molar-refractivity contribution in [2.24, 2.45) is 0 Å². The van der Waals surface area contributed by atoms with E-state index in [1.165, 1.54) is 0 Å². The quantitative estimate of drug-likeness (QED) is 0.849. The molecule has 0 atom stereocenters. The Morgan fingerprint density at radius 3 is 2.73 bits per heavy atom. The number of para-hydroxylation sites is 1. The molecule has 0 saturated heterocycles. The Hall–Kier alpha value is -1.62. The third-order valence-electron chi connectivity index (χ3n) is 1.75. The fourth-order valence-electron chi connectivity index (χ4n) is 1.08. The van der Waals surface area contributed by atoms with Gasteiger partial charge in [0.05, 0.1) is 10.2 Å². The molecule has 0 spiro atoms. The Morgan fingerprint density at radius 2 is 2.07 bits per heavy atom. The summed E-state index contributed by atoms with van der Waals surface area (Å²) < 4.78 is 6.28. The maximum Gasteiger partial charge on any atom is 0.238 e. The van der Waals surface area contributed by atoms with E-state index in [1.807, 2.05) is 12.1 Å². The van der Waals surface area contributed by atoms with Crippen LogP contribution in [0.3, 0.4) is 0 Å². The lowest BCUT2D eigenvalue weighted by molar-refractivity contribution is 0.454. The summed E-state index contributed by atoms with van der Waals surface area (Å²) in [6.45, 7) is 0. The molecule has 1 aromatic carbocycles.